The fourth-order valence-corrected chi connectivity index (χ4v) is 1.55. The van der Waals surface area contributed by atoms with Crippen molar-refractivity contribution in [2.45, 2.75) is 19.9 Å². The first-order valence-electron chi connectivity index (χ1n) is 4.89. The topological polar surface area (TPSA) is 41.6 Å². The summed E-state index contributed by atoms with van der Waals surface area (Å²) in [7, 11) is 0. The van der Waals surface area contributed by atoms with Crippen molar-refractivity contribution >= 4 is 5.91 Å². The van der Waals surface area contributed by atoms with Crippen molar-refractivity contribution in [1.29, 1.82) is 0 Å². The van der Waals surface area contributed by atoms with Gasteiger partial charge in [-0.25, -0.2) is 0 Å². The van der Waals surface area contributed by atoms with E-state index in [0.717, 1.165) is 19.7 Å². The monoisotopic (exact) mass is 186 g/mol. The maximum Gasteiger partial charge on any atom is 0.239 e. The van der Waals surface area contributed by atoms with Gasteiger partial charge in [0.25, 0.3) is 0 Å². The first-order chi connectivity index (χ1) is 6.29. The highest BCUT2D eigenvalue weighted by molar-refractivity contribution is 5.81. The van der Waals surface area contributed by atoms with E-state index in [1.807, 2.05) is 6.92 Å². The van der Waals surface area contributed by atoms with E-state index < -0.39 is 0 Å². The first-order valence-corrected chi connectivity index (χ1v) is 4.89. The molecule has 1 rings (SSSR count). The summed E-state index contributed by atoms with van der Waals surface area (Å²) >= 11 is 0. The van der Waals surface area contributed by atoms with E-state index in [-0.39, 0.29) is 11.9 Å². The van der Waals surface area contributed by atoms with Gasteiger partial charge in [0.1, 0.15) is 6.04 Å². The third kappa shape index (κ3) is 2.67. The molecule has 1 heterocycles. The smallest absolute Gasteiger partial charge is 0.239 e. The SMILES string of the molecule is CCNC(=O)[C@H]1COCCN1CC. The molecule has 1 atom stereocenters. The minimum Gasteiger partial charge on any atom is -0.378 e. The van der Waals surface area contributed by atoms with Crippen LogP contribution in [-0.2, 0) is 9.53 Å². The minimum absolute atomic E-state index is 0.0845. The van der Waals surface area contributed by atoms with Crippen LogP contribution in [0.2, 0.25) is 0 Å². The molecule has 4 nitrogen and oxygen atoms in total. The van der Waals surface area contributed by atoms with Gasteiger partial charge in [0, 0.05) is 13.1 Å². The average molecular weight is 186 g/mol. The zero-order valence-corrected chi connectivity index (χ0v) is 8.38. The van der Waals surface area contributed by atoms with E-state index >= 15 is 0 Å². The van der Waals surface area contributed by atoms with E-state index in [4.69, 9.17) is 4.74 Å². The number of nitrogens with zero attached hydrogens (tertiary/aromatic N) is 1. The van der Waals surface area contributed by atoms with Gasteiger partial charge in [-0.2, -0.15) is 0 Å². The largest absolute Gasteiger partial charge is 0.378 e. The normalized spacial score (nSPS) is 24.3. The summed E-state index contributed by atoms with van der Waals surface area (Å²) in [6.45, 7) is 7.72. The van der Waals surface area contributed by atoms with Gasteiger partial charge in [-0.1, -0.05) is 6.92 Å². The van der Waals surface area contributed by atoms with Gasteiger partial charge in [-0.15, -0.1) is 0 Å². The van der Waals surface area contributed by atoms with Gasteiger partial charge in [0.2, 0.25) is 5.91 Å². The fraction of sp³-hybridized carbons (Fsp3) is 0.889. The summed E-state index contributed by atoms with van der Waals surface area (Å²) in [6, 6.07) is -0.0845. The number of rotatable bonds is 3. The standard InChI is InChI=1S/C9H18N2O2/c1-3-10-9(12)8-7-13-6-5-11(8)4-2/h8H,3-7H2,1-2H3,(H,10,12)/t8-/m1/s1. The van der Waals surface area contributed by atoms with Crippen LogP contribution in [-0.4, -0.2) is 49.7 Å². The Morgan fingerprint density at radius 1 is 1.62 bits per heavy atom. The summed E-state index contributed by atoms with van der Waals surface area (Å²) < 4.78 is 5.28. The average Bonchev–Trinajstić information content (AvgIpc) is 2.18. The molecule has 0 unspecified atom stereocenters. The minimum atomic E-state index is -0.0845. The molecule has 1 saturated heterocycles. The van der Waals surface area contributed by atoms with Crippen LogP contribution in [0.15, 0.2) is 0 Å². The Labute approximate surface area is 79.2 Å². The predicted octanol–water partition coefficient (Wildman–Crippen LogP) is -0.157. The van der Waals surface area contributed by atoms with Gasteiger partial charge >= 0.3 is 0 Å². The van der Waals surface area contributed by atoms with Crippen LogP contribution in [0.4, 0.5) is 0 Å². The second-order valence-electron chi connectivity index (χ2n) is 3.11. The highest BCUT2D eigenvalue weighted by Crippen LogP contribution is 2.05. The summed E-state index contributed by atoms with van der Waals surface area (Å²) in [4.78, 5) is 13.7. The lowest BCUT2D eigenvalue weighted by atomic mass is 10.2. The van der Waals surface area contributed by atoms with Gasteiger partial charge in [-0.3, -0.25) is 9.69 Å². The van der Waals surface area contributed by atoms with Crippen molar-refractivity contribution in [1.82, 2.24) is 10.2 Å². The van der Waals surface area contributed by atoms with Gasteiger partial charge in [0.15, 0.2) is 0 Å². The maximum absolute atomic E-state index is 11.5. The second kappa shape index (κ2) is 5.19. The molecule has 0 aromatic carbocycles. The number of carbonyl (C=O) groups excluding carboxylic acids is 1. The van der Waals surface area contributed by atoms with E-state index in [0.29, 0.717) is 13.2 Å². The van der Waals surface area contributed by atoms with Crippen LogP contribution in [0.5, 0.6) is 0 Å². The van der Waals surface area contributed by atoms with Gasteiger partial charge < -0.3 is 10.1 Å². The number of likely N-dealkylation sites (N-methyl/N-ethyl adjacent to an activating group) is 2. The highest BCUT2D eigenvalue weighted by atomic mass is 16.5. The molecule has 0 radical (unpaired) electrons. The molecule has 1 aliphatic heterocycles. The lowest BCUT2D eigenvalue weighted by molar-refractivity contribution is -0.132. The molecule has 0 aromatic heterocycles. The van der Waals surface area contributed by atoms with Crippen LogP contribution >= 0.6 is 0 Å². The van der Waals surface area contributed by atoms with Crippen LogP contribution in [0, 0.1) is 0 Å². The molecular formula is C9H18N2O2. The molecule has 1 fully saturated rings. The highest BCUT2D eigenvalue weighted by Gasteiger charge is 2.27. The van der Waals surface area contributed by atoms with Gasteiger partial charge in [0.05, 0.1) is 13.2 Å². The number of morpholine rings is 1. The third-order valence-electron chi connectivity index (χ3n) is 2.30. The number of nitrogens with one attached hydrogen (secondary N) is 1. The van der Waals surface area contributed by atoms with Crippen molar-refractivity contribution in [3.05, 3.63) is 0 Å². The lowest BCUT2D eigenvalue weighted by Crippen LogP contribution is -2.53. The number of hydrogen-bond acceptors (Lipinski definition) is 3. The molecular weight excluding hydrogens is 168 g/mol. The molecule has 0 spiro atoms. The van der Waals surface area contributed by atoms with E-state index in [1.54, 1.807) is 0 Å². The fourth-order valence-electron chi connectivity index (χ4n) is 1.55. The van der Waals surface area contributed by atoms with Crippen molar-refractivity contribution in [3.8, 4) is 0 Å². The number of amides is 1. The van der Waals surface area contributed by atoms with Crippen molar-refractivity contribution in [2.75, 3.05) is 32.8 Å². The molecule has 0 bridgehead atoms. The number of hydrogen-bond donors (Lipinski definition) is 1. The van der Waals surface area contributed by atoms with E-state index in [1.165, 1.54) is 0 Å². The quantitative estimate of drug-likeness (QED) is 0.666. The van der Waals surface area contributed by atoms with Crippen molar-refractivity contribution in [2.24, 2.45) is 0 Å². The zero-order chi connectivity index (χ0) is 9.68. The van der Waals surface area contributed by atoms with Crippen molar-refractivity contribution in [3.63, 3.8) is 0 Å². The van der Waals surface area contributed by atoms with Crippen LogP contribution in [0.3, 0.4) is 0 Å². The summed E-state index contributed by atoms with van der Waals surface area (Å²) in [5, 5.41) is 2.82. The molecule has 1 N–H and O–H groups in total. The second-order valence-corrected chi connectivity index (χ2v) is 3.11. The van der Waals surface area contributed by atoms with Crippen LogP contribution < -0.4 is 5.32 Å². The van der Waals surface area contributed by atoms with Crippen molar-refractivity contribution < 1.29 is 9.53 Å². The Bertz CT molecular complexity index is 173. The Kier molecular flexibility index (Phi) is 4.18. The zero-order valence-electron chi connectivity index (χ0n) is 8.38. The third-order valence-corrected chi connectivity index (χ3v) is 2.30. The Hall–Kier alpha value is -0.610. The summed E-state index contributed by atoms with van der Waals surface area (Å²) in [5.74, 6) is 0.0871. The van der Waals surface area contributed by atoms with E-state index in [2.05, 4.69) is 17.1 Å². The number of carbonyl (C=O) groups is 1. The molecule has 13 heavy (non-hydrogen) atoms. The molecule has 0 saturated carbocycles. The Morgan fingerprint density at radius 2 is 2.38 bits per heavy atom. The maximum atomic E-state index is 11.5. The Balaban J connectivity index is 2.48. The van der Waals surface area contributed by atoms with Gasteiger partial charge in [-0.05, 0) is 13.5 Å². The Morgan fingerprint density at radius 3 is 3.00 bits per heavy atom. The molecule has 1 amide bonds. The lowest BCUT2D eigenvalue weighted by Gasteiger charge is -2.33. The number of ether oxygens (including phenoxy) is 1. The van der Waals surface area contributed by atoms with Crippen LogP contribution in [0.1, 0.15) is 13.8 Å². The summed E-state index contributed by atoms with van der Waals surface area (Å²) in [6.07, 6.45) is 0. The molecule has 76 valence electrons. The first kappa shape index (κ1) is 10.5. The van der Waals surface area contributed by atoms with E-state index in [9.17, 15) is 4.79 Å². The summed E-state index contributed by atoms with van der Waals surface area (Å²) in [5.41, 5.74) is 0. The molecule has 4 heteroatoms. The molecule has 0 aromatic rings. The molecule has 1 aliphatic rings. The molecule has 0 aliphatic carbocycles. The predicted molar refractivity (Wildman–Crippen MR) is 50.5 cm³/mol. The van der Waals surface area contributed by atoms with Crippen LogP contribution in [0.25, 0.3) is 0 Å².